The van der Waals surface area contributed by atoms with Crippen LogP contribution in [-0.4, -0.2) is 25.2 Å². The molecule has 0 fully saturated rings. The molecule has 2 rings (SSSR count). The number of hydrogen-bond acceptors (Lipinski definition) is 2. The van der Waals surface area contributed by atoms with Gasteiger partial charge in [-0.25, -0.2) is 4.79 Å². The highest BCUT2D eigenvalue weighted by Gasteiger charge is 2.22. The largest absolute Gasteiger partial charge is 0.462 e. The van der Waals surface area contributed by atoms with Crippen molar-refractivity contribution < 1.29 is 9.53 Å². The number of fused-ring (bicyclic) bond motifs is 1. The van der Waals surface area contributed by atoms with Gasteiger partial charge in [-0.2, -0.15) is 0 Å². The van der Waals surface area contributed by atoms with Gasteiger partial charge in [-0.05, 0) is 12.1 Å². The molecule has 0 unspecified atom stereocenters. The summed E-state index contributed by atoms with van der Waals surface area (Å²) in [6.45, 7) is 7.23. The first kappa shape index (κ1) is 15.4. The van der Waals surface area contributed by atoms with Gasteiger partial charge in [0.1, 0.15) is 11.3 Å². The molecule has 0 bridgehead atoms. The van der Waals surface area contributed by atoms with Gasteiger partial charge in [-0.1, -0.05) is 43.8 Å². The van der Waals surface area contributed by atoms with E-state index in [0.29, 0.717) is 17.9 Å². The van der Waals surface area contributed by atoms with Crippen LogP contribution in [0.1, 0.15) is 16.1 Å². The molecule has 0 aliphatic rings. The highest BCUT2D eigenvalue weighted by atomic mass is 28.3. The molecule has 1 aromatic heterocycles. The first-order chi connectivity index (χ1) is 9.85. The van der Waals surface area contributed by atoms with Gasteiger partial charge < -0.3 is 9.30 Å². The summed E-state index contributed by atoms with van der Waals surface area (Å²) in [5.74, 6) is 2.29. The molecule has 0 spiro atoms. The Morgan fingerprint density at radius 3 is 2.62 bits per heavy atom. The van der Waals surface area contributed by atoms with Crippen LogP contribution in [0.25, 0.3) is 10.9 Å². The van der Waals surface area contributed by atoms with E-state index in [0.717, 1.165) is 16.9 Å². The summed E-state index contributed by atoms with van der Waals surface area (Å²) in [6.07, 6.45) is 5.58. The number of terminal acetylenes is 1. The van der Waals surface area contributed by atoms with Gasteiger partial charge in [-0.3, -0.25) is 0 Å². The quantitative estimate of drug-likeness (QED) is 0.490. The molecule has 0 N–H and O–H groups in total. The summed E-state index contributed by atoms with van der Waals surface area (Å²) >= 11 is 0. The third-order valence-corrected chi connectivity index (χ3v) is 5.24. The van der Waals surface area contributed by atoms with E-state index in [4.69, 9.17) is 11.2 Å². The second-order valence-electron chi connectivity index (χ2n) is 6.39. The Morgan fingerprint density at radius 1 is 1.33 bits per heavy atom. The van der Waals surface area contributed by atoms with Gasteiger partial charge in [-0.15, -0.1) is 6.42 Å². The minimum absolute atomic E-state index is 0.321. The Balaban J connectivity index is 2.33. The zero-order valence-electron chi connectivity index (χ0n) is 13.1. The predicted octanol–water partition coefficient (Wildman–Crippen LogP) is 3.65. The lowest BCUT2D eigenvalue weighted by Gasteiger charge is -2.15. The number of benzene rings is 1. The van der Waals surface area contributed by atoms with Crippen LogP contribution in [0.3, 0.4) is 0 Å². The Hall–Kier alpha value is -1.99. The molecule has 1 aromatic carbocycles. The Kier molecular flexibility index (Phi) is 4.24. The molecule has 0 saturated heterocycles. The van der Waals surface area contributed by atoms with E-state index in [2.05, 4.69) is 25.6 Å². The second kappa shape index (κ2) is 5.78. The summed E-state index contributed by atoms with van der Waals surface area (Å²) in [6, 6.07) is 8.65. The molecule has 0 aliphatic heterocycles. The van der Waals surface area contributed by atoms with Gasteiger partial charge in [0.15, 0.2) is 0 Å². The zero-order valence-corrected chi connectivity index (χ0v) is 14.1. The maximum Gasteiger partial charge on any atom is 0.341 e. The molecule has 0 atom stereocenters. The van der Waals surface area contributed by atoms with Gasteiger partial charge in [0.05, 0.1) is 6.61 Å². The molecule has 21 heavy (non-hydrogen) atoms. The number of carbonyl (C=O) groups excluding carboxylic acids is 1. The molecule has 0 saturated carbocycles. The number of esters is 1. The van der Waals surface area contributed by atoms with E-state index in [-0.39, 0.29) is 5.97 Å². The average Bonchev–Trinajstić information content (AvgIpc) is 2.70. The molecule has 0 amide bonds. The minimum Gasteiger partial charge on any atom is -0.462 e. The van der Waals surface area contributed by atoms with Crippen molar-refractivity contribution in [3.8, 4) is 12.3 Å². The monoisotopic (exact) mass is 299 g/mol. The van der Waals surface area contributed by atoms with Gasteiger partial charge in [0.2, 0.25) is 0 Å². The number of rotatable bonds is 4. The number of nitrogens with zero attached hydrogens (tertiary/aromatic N) is 1. The SMILES string of the molecule is C#Cc1c(C(=O)OCC[Si](C)(C)C)c2ccccc2n1C. The van der Waals surface area contributed by atoms with E-state index < -0.39 is 8.07 Å². The number of para-hydroxylation sites is 1. The van der Waals surface area contributed by atoms with Crippen LogP contribution < -0.4 is 0 Å². The van der Waals surface area contributed by atoms with Crippen molar-refractivity contribution in [2.24, 2.45) is 7.05 Å². The fourth-order valence-electron chi connectivity index (χ4n) is 2.29. The molecule has 1 heterocycles. The first-order valence-corrected chi connectivity index (χ1v) is 10.8. The lowest BCUT2D eigenvalue weighted by molar-refractivity contribution is 0.0527. The third kappa shape index (κ3) is 3.19. The zero-order chi connectivity index (χ0) is 15.6. The van der Waals surface area contributed by atoms with E-state index in [1.807, 2.05) is 35.9 Å². The maximum absolute atomic E-state index is 12.4. The number of hydrogen-bond donors (Lipinski definition) is 0. The van der Waals surface area contributed by atoms with Crippen LogP contribution in [-0.2, 0) is 11.8 Å². The highest BCUT2D eigenvalue weighted by molar-refractivity contribution is 6.76. The summed E-state index contributed by atoms with van der Waals surface area (Å²) in [4.78, 5) is 12.4. The first-order valence-electron chi connectivity index (χ1n) is 7.06. The van der Waals surface area contributed by atoms with E-state index >= 15 is 0 Å². The van der Waals surface area contributed by atoms with Gasteiger partial charge >= 0.3 is 5.97 Å². The molecule has 0 radical (unpaired) electrons. The number of aromatic nitrogens is 1. The van der Waals surface area contributed by atoms with Crippen LogP contribution in [0.4, 0.5) is 0 Å². The minimum atomic E-state index is -1.22. The lowest BCUT2D eigenvalue weighted by Crippen LogP contribution is -2.22. The van der Waals surface area contributed by atoms with Crippen LogP contribution in [0.15, 0.2) is 24.3 Å². The van der Waals surface area contributed by atoms with Crippen molar-refractivity contribution >= 4 is 24.9 Å². The Bertz CT molecular complexity index is 717. The number of carbonyl (C=O) groups is 1. The van der Waals surface area contributed by atoms with Crippen LogP contribution >= 0.6 is 0 Å². The van der Waals surface area contributed by atoms with Crippen molar-refractivity contribution in [3.63, 3.8) is 0 Å². The predicted molar refractivity (Wildman–Crippen MR) is 89.3 cm³/mol. The Morgan fingerprint density at radius 2 is 2.00 bits per heavy atom. The topological polar surface area (TPSA) is 31.2 Å². The van der Waals surface area contributed by atoms with Crippen molar-refractivity contribution in [1.29, 1.82) is 0 Å². The van der Waals surface area contributed by atoms with Crippen LogP contribution in [0.5, 0.6) is 0 Å². The second-order valence-corrected chi connectivity index (χ2v) is 12.0. The maximum atomic E-state index is 12.4. The van der Waals surface area contributed by atoms with E-state index in [1.54, 1.807) is 0 Å². The molecule has 3 nitrogen and oxygen atoms in total. The van der Waals surface area contributed by atoms with Gasteiger partial charge in [0.25, 0.3) is 0 Å². The fraction of sp³-hybridized carbons (Fsp3) is 0.353. The molecular weight excluding hydrogens is 278 g/mol. The van der Waals surface area contributed by atoms with Crippen molar-refractivity contribution in [3.05, 3.63) is 35.5 Å². The normalized spacial score (nSPS) is 11.4. The molecule has 2 aromatic rings. The molecule has 110 valence electrons. The standard InChI is InChI=1S/C17H21NO2Si/c1-6-14-16(17(19)20-11-12-21(3,4)5)13-9-7-8-10-15(13)18(14)2/h1,7-10H,11-12H2,2-5H3. The number of aryl methyl sites for hydroxylation is 1. The summed E-state index contributed by atoms with van der Waals surface area (Å²) in [5, 5.41) is 0.853. The number of ether oxygens (including phenoxy) is 1. The van der Waals surface area contributed by atoms with E-state index in [9.17, 15) is 4.79 Å². The van der Waals surface area contributed by atoms with Crippen molar-refractivity contribution in [1.82, 2.24) is 4.57 Å². The molecule has 4 heteroatoms. The van der Waals surface area contributed by atoms with Crippen molar-refractivity contribution in [2.75, 3.05) is 6.61 Å². The van der Waals surface area contributed by atoms with Gasteiger partial charge in [0, 0.05) is 26.0 Å². The summed E-state index contributed by atoms with van der Waals surface area (Å²) in [7, 11) is 0.653. The fourth-order valence-corrected chi connectivity index (χ4v) is 3.01. The average molecular weight is 299 g/mol. The van der Waals surface area contributed by atoms with Crippen LogP contribution in [0.2, 0.25) is 25.7 Å². The van der Waals surface area contributed by atoms with Crippen molar-refractivity contribution in [2.45, 2.75) is 25.7 Å². The summed E-state index contributed by atoms with van der Waals surface area (Å²) < 4.78 is 7.32. The third-order valence-electron chi connectivity index (χ3n) is 3.53. The lowest BCUT2D eigenvalue weighted by atomic mass is 10.1. The Labute approximate surface area is 126 Å². The molecular formula is C17H21NO2Si. The van der Waals surface area contributed by atoms with E-state index in [1.165, 1.54) is 0 Å². The highest BCUT2D eigenvalue weighted by Crippen LogP contribution is 2.25. The van der Waals surface area contributed by atoms with Crippen LogP contribution in [0, 0.1) is 12.3 Å². The molecule has 0 aliphatic carbocycles. The smallest absolute Gasteiger partial charge is 0.341 e. The summed E-state index contributed by atoms with van der Waals surface area (Å²) in [5.41, 5.74) is 2.03.